The molecule has 1 aromatic carbocycles. The van der Waals surface area contributed by atoms with Gasteiger partial charge in [-0.25, -0.2) is 0 Å². The van der Waals surface area contributed by atoms with Crippen LogP contribution in [0.15, 0.2) is 36.4 Å². The minimum absolute atomic E-state index is 0.136. The maximum absolute atomic E-state index is 12.0. The standard InChI is InChI=1S/C13H14O2/c1-15-12-8-4-7-11(9-12)13(14)10-5-2-3-6-10/h2-4,7-10H,5-6H2,1H3. The summed E-state index contributed by atoms with van der Waals surface area (Å²) < 4.78 is 5.10. The second kappa shape index (κ2) is 4.30. The molecule has 1 aliphatic carbocycles. The number of methoxy groups -OCH3 is 1. The summed E-state index contributed by atoms with van der Waals surface area (Å²) in [7, 11) is 1.61. The Morgan fingerprint density at radius 3 is 2.73 bits per heavy atom. The number of ketones is 1. The highest BCUT2D eigenvalue weighted by Crippen LogP contribution is 2.24. The molecular weight excluding hydrogens is 188 g/mol. The molecule has 0 aromatic heterocycles. The van der Waals surface area contributed by atoms with E-state index in [0.717, 1.165) is 24.2 Å². The largest absolute Gasteiger partial charge is 0.497 e. The summed E-state index contributed by atoms with van der Waals surface area (Å²) in [6, 6.07) is 7.36. The molecule has 0 fully saturated rings. The fourth-order valence-corrected chi connectivity index (χ4v) is 1.84. The topological polar surface area (TPSA) is 26.3 Å². The molecule has 2 heteroatoms. The van der Waals surface area contributed by atoms with Gasteiger partial charge in [-0.3, -0.25) is 4.79 Å². The number of rotatable bonds is 3. The second-order valence-corrected chi connectivity index (χ2v) is 3.74. The van der Waals surface area contributed by atoms with Crippen molar-refractivity contribution in [1.29, 1.82) is 0 Å². The molecule has 2 nitrogen and oxygen atoms in total. The van der Waals surface area contributed by atoms with Gasteiger partial charge in [-0.15, -0.1) is 0 Å². The number of ether oxygens (including phenoxy) is 1. The molecule has 78 valence electrons. The first-order valence-electron chi connectivity index (χ1n) is 5.14. The number of hydrogen-bond acceptors (Lipinski definition) is 2. The van der Waals surface area contributed by atoms with Crippen molar-refractivity contribution in [2.45, 2.75) is 12.8 Å². The Labute approximate surface area is 89.6 Å². The minimum Gasteiger partial charge on any atom is -0.497 e. The lowest BCUT2D eigenvalue weighted by atomic mass is 9.95. The van der Waals surface area contributed by atoms with Crippen LogP contribution in [0.25, 0.3) is 0 Å². The Bertz CT molecular complexity index is 385. The summed E-state index contributed by atoms with van der Waals surface area (Å²) in [5, 5.41) is 0. The van der Waals surface area contributed by atoms with E-state index >= 15 is 0 Å². The lowest BCUT2D eigenvalue weighted by Gasteiger charge is -2.08. The summed E-state index contributed by atoms with van der Waals surface area (Å²) in [6.07, 6.45) is 5.89. The van der Waals surface area contributed by atoms with Gasteiger partial charge in [-0.2, -0.15) is 0 Å². The van der Waals surface area contributed by atoms with Crippen LogP contribution in [0.4, 0.5) is 0 Å². The zero-order chi connectivity index (χ0) is 10.7. The Morgan fingerprint density at radius 2 is 2.07 bits per heavy atom. The molecule has 0 bridgehead atoms. The van der Waals surface area contributed by atoms with Crippen LogP contribution < -0.4 is 4.74 Å². The molecule has 0 spiro atoms. The van der Waals surface area contributed by atoms with E-state index in [2.05, 4.69) is 12.2 Å². The molecule has 0 atom stereocenters. The van der Waals surface area contributed by atoms with E-state index in [4.69, 9.17) is 4.74 Å². The van der Waals surface area contributed by atoms with Crippen LogP contribution >= 0.6 is 0 Å². The van der Waals surface area contributed by atoms with Gasteiger partial charge in [0.1, 0.15) is 5.75 Å². The Hall–Kier alpha value is -1.57. The average molecular weight is 202 g/mol. The molecular formula is C13H14O2. The summed E-state index contributed by atoms with van der Waals surface area (Å²) >= 11 is 0. The van der Waals surface area contributed by atoms with E-state index < -0.39 is 0 Å². The Kier molecular flexibility index (Phi) is 2.86. The first-order valence-corrected chi connectivity index (χ1v) is 5.14. The molecule has 0 saturated heterocycles. The SMILES string of the molecule is COc1cccc(C(=O)C2CC=CC2)c1. The lowest BCUT2D eigenvalue weighted by molar-refractivity contribution is 0.0926. The third-order valence-corrected chi connectivity index (χ3v) is 2.73. The van der Waals surface area contributed by atoms with Crippen LogP contribution in [0.1, 0.15) is 23.2 Å². The fourth-order valence-electron chi connectivity index (χ4n) is 1.84. The molecule has 0 unspecified atom stereocenters. The van der Waals surface area contributed by atoms with Gasteiger partial charge in [0.25, 0.3) is 0 Å². The molecule has 15 heavy (non-hydrogen) atoms. The molecule has 2 rings (SSSR count). The quantitative estimate of drug-likeness (QED) is 0.556. The van der Waals surface area contributed by atoms with Crippen molar-refractivity contribution < 1.29 is 9.53 Å². The number of Topliss-reactive ketones (excluding diaryl/α,β-unsaturated/α-hetero) is 1. The molecule has 0 heterocycles. The Balaban J connectivity index is 2.17. The molecule has 0 N–H and O–H groups in total. The van der Waals surface area contributed by atoms with Crippen LogP contribution in [0, 0.1) is 5.92 Å². The van der Waals surface area contributed by atoms with Crippen molar-refractivity contribution in [3.8, 4) is 5.75 Å². The van der Waals surface area contributed by atoms with E-state index in [1.807, 2.05) is 18.2 Å². The van der Waals surface area contributed by atoms with Crippen molar-refractivity contribution in [2.75, 3.05) is 7.11 Å². The van der Waals surface area contributed by atoms with E-state index in [0.29, 0.717) is 0 Å². The minimum atomic E-state index is 0.136. The van der Waals surface area contributed by atoms with Crippen LogP contribution in [-0.4, -0.2) is 12.9 Å². The molecule has 0 saturated carbocycles. The monoisotopic (exact) mass is 202 g/mol. The number of carbonyl (C=O) groups excluding carboxylic acids is 1. The zero-order valence-corrected chi connectivity index (χ0v) is 8.77. The third kappa shape index (κ3) is 2.09. The van der Waals surface area contributed by atoms with Gasteiger partial charge >= 0.3 is 0 Å². The number of hydrogen-bond donors (Lipinski definition) is 0. The second-order valence-electron chi connectivity index (χ2n) is 3.74. The fraction of sp³-hybridized carbons (Fsp3) is 0.308. The van der Waals surface area contributed by atoms with Gasteiger partial charge in [0.15, 0.2) is 5.78 Å². The first kappa shape index (κ1) is 9.97. The highest BCUT2D eigenvalue weighted by molar-refractivity contribution is 5.98. The van der Waals surface area contributed by atoms with Crippen molar-refractivity contribution >= 4 is 5.78 Å². The van der Waals surface area contributed by atoms with Crippen LogP contribution in [0.3, 0.4) is 0 Å². The molecule has 1 aliphatic rings. The smallest absolute Gasteiger partial charge is 0.166 e. The van der Waals surface area contributed by atoms with E-state index in [9.17, 15) is 4.79 Å². The summed E-state index contributed by atoms with van der Waals surface area (Å²) in [6.45, 7) is 0. The molecule has 1 aromatic rings. The van der Waals surface area contributed by atoms with Gasteiger partial charge < -0.3 is 4.74 Å². The van der Waals surface area contributed by atoms with Crippen LogP contribution in [0.2, 0.25) is 0 Å². The van der Waals surface area contributed by atoms with Crippen LogP contribution in [0.5, 0.6) is 5.75 Å². The van der Waals surface area contributed by atoms with E-state index in [-0.39, 0.29) is 11.7 Å². The molecule has 0 amide bonds. The average Bonchev–Trinajstić information content (AvgIpc) is 2.81. The zero-order valence-electron chi connectivity index (χ0n) is 8.77. The number of carbonyl (C=O) groups is 1. The van der Waals surface area contributed by atoms with Gasteiger partial charge in [0.05, 0.1) is 7.11 Å². The Morgan fingerprint density at radius 1 is 1.33 bits per heavy atom. The number of benzene rings is 1. The van der Waals surface area contributed by atoms with Gasteiger partial charge in [0, 0.05) is 11.5 Å². The van der Waals surface area contributed by atoms with Crippen LogP contribution in [-0.2, 0) is 0 Å². The van der Waals surface area contributed by atoms with Crippen molar-refractivity contribution in [2.24, 2.45) is 5.92 Å². The summed E-state index contributed by atoms with van der Waals surface area (Å²) in [4.78, 5) is 12.0. The third-order valence-electron chi connectivity index (χ3n) is 2.73. The van der Waals surface area contributed by atoms with Crippen molar-refractivity contribution in [3.05, 3.63) is 42.0 Å². The normalized spacial score (nSPS) is 15.5. The summed E-state index contributed by atoms with van der Waals surface area (Å²) in [5.74, 6) is 1.10. The van der Waals surface area contributed by atoms with Gasteiger partial charge in [0.2, 0.25) is 0 Å². The van der Waals surface area contributed by atoms with E-state index in [1.165, 1.54) is 0 Å². The lowest BCUT2D eigenvalue weighted by Crippen LogP contribution is -2.11. The highest BCUT2D eigenvalue weighted by Gasteiger charge is 2.20. The highest BCUT2D eigenvalue weighted by atomic mass is 16.5. The van der Waals surface area contributed by atoms with Crippen molar-refractivity contribution in [3.63, 3.8) is 0 Å². The number of allylic oxidation sites excluding steroid dienone is 2. The molecule has 0 aliphatic heterocycles. The predicted molar refractivity (Wildman–Crippen MR) is 59.2 cm³/mol. The predicted octanol–water partition coefficient (Wildman–Crippen LogP) is 2.84. The first-order chi connectivity index (χ1) is 7.31. The maximum atomic E-state index is 12.0. The molecule has 0 radical (unpaired) electrons. The summed E-state index contributed by atoms with van der Waals surface area (Å²) in [5.41, 5.74) is 0.753. The maximum Gasteiger partial charge on any atom is 0.166 e. The van der Waals surface area contributed by atoms with Gasteiger partial charge in [-0.1, -0.05) is 24.3 Å². The van der Waals surface area contributed by atoms with Crippen molar-refractivity contribution in [1.82, 2.24) is 0 Å². The van der Waals surface area contributed by atoms with Gasteiger partial charge in [-0.05, 0) is 25.0 Å². The van der Waals surface area contributed by atoms with E-state index in [1.54, 1.807) is 13.2 Å².